The first-order valence-electron chi connectivity index (χ1n) is 11.9. The lowest BCUT2D eigenvalue weighted by molar-refractivity contribution is 0.0696. The normalized spacial score (nSPS) is 14.3. The lowest BCUT2D eigenvalue weighted by atomic mass is 10.1. The number of nitrogens with zero attached hydrogens (tertiary/aromatic N) is 6. The second kappa shape index (κ2) is 9.91. The van der Waals surface area contributed by atoms with E-state index in [1.54, 1.807) is 24.4 Å². The number of ether oxygens (including phenoxy) is 2. The molecule has 4 aromatic heterocycles. The van der Waals surface area contributed by atoms with Crippen LogP contribution in [0.25, 0.3) is 27.9 Å². The van der Waals surface area contributed by atoms with Crippen molar-refractivity contribution in [1.82, 2.24) is 35.3 Å². The first kappa shape index (κ1) is 23.0. The molecule has 2 N–H and O–H groups in total. The minimum Gasteiger partial charge on any atom is -0.470 e. The molecule has 1 aliphatic rings. The van der Waals surface area contributed by atoms with Gasteiger partial charge in [-0.15, -0.1) is 15.3 Å². The molecule has 1 aliphatic heterocycles. The molecule has 0 bridgehead atoms. The fourth-order valence-corrected chi connectivity index (χ4v) is 4.21. The number of aromatic nitrogens is 6. The Morgan fingerprint density at radius 2 is 1.97 bits per heavy atom. The molecule has 0 atom stereocenters. The van der Waals surface area contributed by atoms with Crippen LogP contribution in [0, 0.1) is 0 Å². The van der Waals surface area contributed by atoms with Gasteiger partial charge in [-0.3, -0.25) is 9.78 Å². The second-order valence-corrected chi connectivity index (χ2v) is 8.63. The van der Waals surface area contributed by atoms with Crippen molar-refractivity contribution in [2.75, 3.05) is 13.2 Å². The van der Waals surface area contributed by atoms with Crippen LogP contribution in [0.3, 0.4) is 0 Å². The minimum absolute atomic E-state index is 0.119. The maximum atomic E-state index is 12.5. The fourth-order valence-electron chi connectivity index (χ4n) is 4.21. The van der Waals surface area contributed by atoms with Crippen molar-refractivity contribution < 1.29 is 23.9 Å². The predicted molar refractivity (Wildman–Crippen MR) is 130 cm³/mol. The van der Waals surface area contributed by atoms with Crippen LogP contribution in [0.4, 0.5) is 0 Å². The summed E-state index contributed by atoms with van der Waals surface area (Å²) >= 11 is 0. The summed E-state index contributed by atoms with van der Waals surface area (Å²) in [7, 11) is 0. The zero-order chi connectivity index (χ0) is 25.2. The number of carbonyl (C=O) groups excluding carboxylic acids is 1. The highest BCUT2D eigenvalue weighted by atomic mass is 16.5. The molecule has 1 saturated heterocycles. The second-order valence-electron chi connectivity index (χ2n) is 8.63. The number of pyridine rings is 1. The summed E-state index contributed by atoms with van der Waals surface area (Å²) in [6, 6.07) is 12.8. The highest BCUT2D eigenvalue weighted by molar-refractivity contribution is 5.97. The number of amides is 1. The predicted octanol–water partition coefficient (Wildman–Crippen LogP) is 2.31. The number of hydrogen-bond donors (Lipinski definition) is 2. The van der Waals surface area contributed by atoms with Gasteiger partial charge < -0.3 is 24.4 Å². The van der Waals surface area contributed by atoms with Crippen molar-refractivity contribution in [3.8, 4) is 17.4 Å². The smallest absolute Gasteiger partial charge is 0.253 e. The molecule has 5 heterocycles. The van der Waals surface area contributed by atoms with E-state index in [1.807, 2.05) is 24.3 Å². The van der Waals surface area contributed by atoms with E-state index in [-0.39, 0.29) is 25.2 Å². The van der Waals surface area contributed by atoms with Crippen LogP contribution >= 0.6 is 0 Å². The molecular formula is C25H23N7O5. The van der Waals surface area contributed by atoms with E-state index in [9.17, 15) is 9.90 Å². The van der Waals surface area contributed by atoms with Gasteiger partial charge in [0.05, 0.1) is 11.3 Å². The molecule has 12 nitrogen and oxygen atoms in total. The SMILES string of the molecule is O=C(NC1CCOCC1)c1ccc(COc2nn3c(-c4cc(CO)on4)nnc3c3ccccc23)nc1. The van der Waals surface area contributed by atoms with Gasteiger partial charge in [0.1, 0.15) is 13.2 Å². The number of hydrogen-bond acceptors (Lipinski definition) is 10. The van der Waals surface area contributed by atoms with Crippen molar-refractivity contribution in [3.63, 3.8) is 0 Å². The molecule has 1 aromatic carbocycles. The number of aliphatic hydroxyl groups excluding tert-OH is 1. The number of benzene rings is 1. The first-order chi connectivity index (χ1) is 18.2. The minimum atomic E-state index is -0.280. The van der Waals surface area contributed by atoms with Crippen LogP contribution in [-0.2, 0) is 18.0 Å². The standard InChI is InChI=1S/C25H23N7O5/c33-13-18-11-21(31-37-18)23-29-28-22-19-3-1-2-4-20(19)25(30-32(22)23)36-14-17-6-5-15(12-26-17)24(34)27-16-7-9-35-10-8-16/h1-6,11-12,16,33H,7-10,13-14H2,(H,27,34). The van der Waals surface area contributed by atoms with Gasteiger partial charge in [0.25, 0.3) is 5.91 Å². The number of carbonyl (C=O) groups is 1. The van der Waals surface area contributed by atoms with E-state index in [2.05, 4.69) is 30.8 Å². The van der Waals surface area contributed by atoms with E-state index in [1.165, 1.54) is 4.52 Å². The summed E-state index contributed by atoms with van der Waals surface area (Å²) < 4.78 is 18.0. The average Bonchev–Trinajstić information content (AvgIpc) is 3.59. The molecule has 0 aliphatic carbocycles. The number of nitrogens with one attached hydrogen (secondary N) is 1. The van der Waals surface area contributed by atoms with E-state index in [0.29, 0.717) is 53.3 Å². The Morgan fingerprint density at radius 1 is 1.14 bits per heavy atom. The van der Waals surface area contributed by atoms with E-state index >= 15 is 0 Å². The van der Waals surface area contributed by atoms with Crippen LogP contribution in [-0.4, -0.2) is 60.2 Å². The molecule has 0 radical (unpaired) electrons. The van der Waals surface area contributed by atoms with Gasteiger partial charge in [-0.1, -0.05) is 23.4 Å². The lowest BCUT2D eigenvalue weighted by Crippen LogP contribution is -2.38. The number of fused-ring (bicyclic) bond motifs is 3. The summed E-state index contributed by atoms with van der Waals surface area (Å²) in [6.07, 6.45) is 3.16. The lowest BCUT2D eigenvalue weighted by Gasteiger charge is -2.23. The van der Waals surface area contributed by atoms with Crippen molar-refractivity contribution in [2.45, 2.75) is 32.1 Å². The number of aliphatic hydroxyl groups is 1. The Kier molecular flexibility index (Phi) is 6.16. The molecule has 0 spiro atoms. The van der Waals surface area contributed by atoms with Gasteiger partial charge in [-0.2, -0.15) is 4.52 Å². The van der Waals surface area contributed by atoms with Crippen molar-refractivity contribution in [3.05, 3.63) is 65.7 Å². The Hall–Kier alpha value is -4.42. The third-order valence-corrected chi connectivity index (χ3v) is 6.17. The maximum absolute atomic E-state index is 12.5. The Labute approximate surface area is 210 Å². The third-order valence-electron chi connectivity index (χ3n) is 6.17. The molecule has 6 rings (SSSR count). The summed E-state index contributed by atoms with van der Waals surface area (Å²) in [6.45, 7) is 1.18. The van der Waals surface area contributed by atoms with Crippen LogP contribution in [0.5, 0.6) is 5.88 Å². The van der Waals surface area contributed by atoms with Crippen LogP contribution < -0.4 is 10.1 Å². The molecule has 5 aromatic rings. The van der Waals surface area contributed by atoms with Gasteiger partial charge in [-0.25, -0.2) is 0 Å². The van der Waals surface area contributed by atoms with Crippen LogP contribution in [0.15, 0.2) is 53.2 Å². The van der Waals surface area contributed by atoms with Gasteiger partial charge >= 0.3 is 0 Å². The van der Waals surface area contributed by atoms with Gasteiger partial charge in [0, 0.05) is 42.3 Å². The summed E-state index contributed by atoms with van der Waals surface area (Å²) in [5, 5.41) is 31.0. The van der Waals surface area contributed by atoms with Crippen LogP contribution in [0.2, 0.25) is 0 Å². The molecule has 12 heteroatoms. The van der Waals surface area contributed by atoms with E-state index in [4.69, 9.17) is 14.0 Å². The van der Waals surface area contributed by atoms with Crippen molar-refractivity contribution >= 4 is 22.3 Å². The molecule has 1 fully saturated rings. The summed E-state index contributed by atoms with van der Waals surface area (Å²) in [5.41, 5.74) is 2.05. The summed E-state index contributed by atoms with van der Waals surface area (Å²) in [4.78, 5) is 16.9. The highest BCUT2D eigenvalue weighted by Gasteiger charge is 2.20. The molecular weight excluding hydrogens is 478 g/mol. The van der Waals surface area contributed by atoms with E-state index < -0.39 is 0 Å². The Balaban J connectivity index is 1.24. The Morgan fingerprint density at radius 3 is 2.73 bits per heavy atom. The fraction of sp³-hybridized carbons (Fsp3) is 0.280. The molecule has 0 saturated carbocycles. The van der Waals surface area contributed by atoms with Crippen molar-refractivity contribution in [1.29, 1.82) is 0 Å². The Bertz CT molecular complexity index is 1560. The zero-order valence-corrected chi connectivity index (χ0v) is 19.7. The average molecular weight is 502 g/mol. The highest BCUT2D eigenvalue weighted by Crippen LogP contribution is 2.29. The molecule has 1 amide bonds. The van der Waals surface area contributed by atoms with Gasteiger partial charge in [0.2, 0.25) is 11.7 Å². The first-order valence-corrected chi connectivity index (χ1v) is 11.9. The van der Waals surface area contributed by atoms with E-state index in [0.717, 1.165) is 23.6 Å². The number of rotatable bonds is 7. The molecule has 37 heavy (non-hydrogen) atoms. The van der Waals surface area contributed by atoms with Gasteiger partial charge in [-0.05, 0) is 31.0 Å². The van der Waals surface area contributed by atoms with Crippen LogP contribution in [0.1, 0.15) is 34.7 Å². The quantitative estimate of drug-likeness (QED) is 0.340. The molecule has 188 valence electrons. The summed E-state index contributed by atoms with van der Waals surface area (Å²) in [5.74, 6) is 0.868. The monoisotopic (exact) mass is 501 g/mol. The molecule has 0 unspecified atom stereocenters. The zero-order valence-electron chi connectivity index (χ0n) is 19.7. The topological polar surface area (TPSA) is 150 Å². The maximum Gasteiger partial charge on any atom is 0.253 e. The largest absolute Gasteiger partial charge is 0.470 e. The van der Waals surface area contributed by atoms with Gasteiger partial charge in [0.15, 0.2) is 17.1 Å². The third kappa shape index (κ3) is 4.59. The van der Waals surface area contributed by atoms with Crippen molar-refractivity contribution in [2.24, 2.45) is 0 Å².